The third kappa shape index (κ3) is 5.78. The molecule has 6 atom stereocenters. The van der Waals surface area contributed by atoms with Gasteiger partial charge < -0.3 is 19.4 Å². The minimum atomic E-state index is -1.86. The van der Waals surface area contributed by atoms with Crippen molar-refractivity contribution in [1.82, 2.24) is 0 Å². The van der Waals surface area contributed by atoms with Gasteiger partial charge in [-0.1, -0.05) is 62.3 Å². The largest absolute Gasteiger partial charge is 0.416 e. The molecule has 162 valence electrons. The lowest BCUT2D eigenvalue weighted by atomic mass is 9.82. The number of aliphatic hydroxyl groups excluding tert-OH is 2. The van der Waals surface area contributed by atoms with Crippen molar-refractivity contribution in [3.8, 4) is 0 Å². The minimum absolute atomic E-state index is 0.00403. The van der Waals surface area contributed by atoms with Crippen LogP contribution in [0.3, 0.4) is 0 Å². The van der Waals surface area contributed by atoms with Gasteiger partial charge in [-0.25, -0.2) is 0 Å². The van der Waals surface area contributed by atoms with Crippen molar-refractivity contribution in [2.75, 3.05) is 13.2 Å². The highest BCUT2D eigenvalue weighted by Crippen LogP contribution is 2.43. The Morgan fingerprint density at radius 2 is 1.48 bits per heavy atom. The molecule has 0 aliphatic carbocycles. The molecule has 4 nitrogen and oxygen atoms in total. The highest BCUT2D eigenvalue weighted by molar-refractivity contribution is 6.77. The predicted molar refractivity (Wildman–Crippen MR) is 115 cm³/mol. The normalized spacial score (nSPS) is 28.0. The lowest BCUT2D eigenvalue weighted by Gasteiger charge is -2.45. The Labute approximate surface area is 169 Å². The molecule has 0 radical (unpaired) electrons. The van der Waals surface area contributed by atoms with Gasteiger partial charge in [0.1, 0.15) is 0 Å². The number of aliphatic hydroxyl groups is 2. The Morgan fingerprint density at radius 3 is 1.93 bits per heavy atom. The fourth-order valence-corrected chi connectivity index (χ4v) is 10.9. The summed E-state index contributed by atoms with van der Waals surface area (Å²) in [5, 5.41) is 19.4. The second kappa shape index (κ2) is 10.7. The van der Waals surface area contributed by atoms with Gasteiger partial charge in [-0.15, -0.1) is 0 Å². The van der Waals surface area contributed by atoms with Crippen LogP contribution in [0.25, 0.3) is 0 Å². The fourth-order valence-electron chi connectivity index (χ4n) is 5.32. The monoisotopic (exact) mass is 402 g/mol. The number of rotatable bonds is 10. The van der Waals surface area contributed by atoms with Crippen molar-refractivity contribution in [2.45, 2.75) is 110 Å². The average molecular weight is 403 g/mol. The molecule has 5 heteroatoms. The topological polar surface area (TPSA) is 58.9 Å². The first-order valence-electron chi connectivity index (χ1n) is 11.1. The molecule has 2 N–H and O–H groups in total. The van der Waals surface area contributed by atoms with Crippen LogP contribution in [0.2, 0.25) is 16.6 Å². The zero-order chi connectivity index (χ0) is 20.9. The quantitative estimate of drug-likeness (QED) is 0.506. The predicted octanol–water partition coefficient (Wildman–Crippen LogP) is 4.99. The number of hydrogen-bond donors (Lipinski definition) is 2. The van der Waals surface area contributed by atoms with Gasteiger partial charge in [-0.3, -0.25) is 0 Å². The molecule has 27 heavy (non-hydrogen) atoms. The van der Waals surface area contributed by atoms with E-state index in [-0.39, 0.29) is 24.7 Å². The molecule has 0 saturated carbocycles. The van der Waals surface area contributed by atoms with E-state index in [4.69, 9.17) is 9.16 Å². The van der Waals surface area contributed by atoms with E-state index < -0.39 is 14.4 Å². The minimum Gasteiger partial charge on any atom is -0.416 e. The van der Waals surface area contributed by atoms with E-state index in [1.54, 1.807) is 0 Å². The smallest absolute Gasteiger partial charge is 0.200 e. The Bertz CT molecular complexity index is 405. The van der Waals surface area contributed by atoms with Gasteiger partial charge in [0.15, 0.2) is 8.32 Å². The van der Waals surface area contributed by atoms with E-state index in [9.17, 15) is 10.2 Å². The van der Waals surface area contributed by atoms with E-state index in [1.165, 1.54) is 0 Å². The van der Waals surface area contributed by atoms with Gasteiger partial charge in [-0.05, 0) is 35.4 Å². The Morgan fingerprint density at radius 1 is 0.963 bits per heavy atom. The lowest BCUT2D eigenvalue weighted by molar-refractivity contribution is -0.146. The van der Waals surface area contributed by atoms with E-state index >= 15 is 0 Å². The van der Waals surface area contributed by atoms with Crippen molar-refractivity contribution in [2.24, 2.45) is 17.8 Å². The maximum absolute atomic E-state index is 10.1. The SMILES string of the molecule is CC(C)[Si](OC[C@@H](C)[C@@H]1CC[C@H](C)[C@@H]([C@@H](C)[C@H](O)CO)O1)(C(C)C)C(C)C. The van der Waals surface area contributed by atoms with Gasteiger partial charge in [-0.2, -0.15) is 0 Å². The second-order valence-electron chi connectivity index (χ2n) is 9.91. The summed E-state index contributed by atoms with van der Waals surface area (Å²) in [6.45, 7) is 20.9. The summed E-state index contributed by atoms with van der Waals surface area (Å²) >= 11 is 0. The summed E-state index contributed by atoms with van der Waals surface area (Å²) in [5.74, 6) is 0.680. The molecule has 1 fully saturated rings. The first-order valence-corrected chi connectivity index (χ1v) is 13.2. The van der Waals surface area contributed by atoms with Crippen LogP contribution in [0.5, 0.6) is 0 Å². The van der Waals surface area contributed by atoms with Crippen LogP contribution >= 0.6 is 0 Å². The molecule has 0 unspecified atom stereocenters. The van der Waals surface area contributed by atoms with Crippen molar-refractivity contribution in [3.05, 3.63) is 0 Å². The Balaban J connectivity index is 2.79. The molecule has 0 aromatic heterocycles. The van der Waals surface area contributed by atoms with Gasteiger partial charge in [0, 0.05) is 18.4 Å². The molecule has 1 aliphatic rings. The van der Waals surface area contributed by atoms with Crippen molar-refractivity contribution in [1.29, 1.82) is 0 Å². The van der Waals surface area contributed by atoms with E-state index in [1.807, 2.05) is 6.92 Å². The van der Waals surface area contributed by atoms with E-state index in [2.05, 4.69) is 55.4 Å². The highest BCUT2D eigenvalue weighted by Gasteiger charge is 2.46. The van der Waals surface area contributed by atoms with Gasteiger partial charge in [0.2, 0.25) is 0 Å². The van der Waals surface area contributed by atoms with Crippen molar-refractivity contribution >= 4 is 8.32 Å². The van der Waals surface area contributed by atoms with Crippen LogP contribution in [0.15, 0.2) is 0 Å². The van der Waals surface area contributed by atoms with Crippen LogP contribution in [0, 0.1) is 17.8 Å². The summed E-state index contributed by atoms with van der Waals surface area (Å²) in [7, 11) is -1.86. The van der Waals surface area contributed by atoms with E-state index in [0.29, 0.717) is 28.5 Å². The lowest BCUT2D eigenvalue weighted by Crippen LogP contribution is -2.50. The van der Waals surface area contributed by atoms with Crippen LogP contribution in [-0.4, -0.2) is 50.1 Å². The fraction of sp³-hybridized carbons (Fsp3) is 1.00. The van der Waals surface area contributed by atoms with Gasteiger partial charge in [0.05, 0.1) is 24.9 Å². The summed E-state index contributed by atoms with van der Waals surface area (Å²) in [5.41, 5.74) is 1.76. The summed E-state index contributed by atoms with van der Waals surface area (Å²) in [6, 6.07) is 0. The average Bonchev–Trinajstić information content (AvgIpc) is 2.60. The molecule has 0 bridgehead atoms. The van der Waals surface area contributed by atoms with Crippen molar-refractivity contribution < 1.29 is 19.4 Å². The number of hydrogen-bond acceptors (Lipinski definition) is 4. The maximum atomic E-state index is 10.1. The second-order valence-corrected chi connectivity index (χ2v) is 15.4. The molecular formula is C22H46O4Si. The third-order valence-electron chi connectivity index (χ3n) is 7.05. The van der Waals surface area contributed by atoms with Crippen LogP contribution < -0.4 is 0 Å². The van der Waals surface area contributed by atoms with Gasteiger partial charge >= 0.3 is 0 Å². The molecular weight excluding hydrogens is 356 g/mol. The maximum Gasteiger partial charge on any atom is 0.200 e. The molecule has 0 amide bonds. The first-order chi connectivity index (χ1) is 12.5. The van der Waals surface area contributed by atoms with Crippen LogP contribution in [0.4, 0.5) is 0 Å². The summed E-state index contributed by atoms with van der Waals surface area (Å²) < 4.78 is 13.2. The third-order valence-corrected chi connectivity index (χ3v) is 13.1. The van der Waals surface area contributed by atoms with Crippen LogP contribution in [-0.2, 0) is 9.16 Å². The van der Waals surface area contributed by atoms with E-state index in [0.717, 1.165) is 19.4 Å². The van der Waals surface area contributed by atoms with Crippen LogP contribution in [0.1, 0.15) is 75.2 Å². The Hall–Kier alpha value is 0.0569. The molecule has 1 rings (SSSR count). The molecule has 1 saturated heterocycles. The molecule has 1 heterocycles. The molecule has 0 spiro atoms. The molecule has 0 aromatic rings. The molecule has 0 aromatic carbocycles. The van der Waals surface area contributed by atoms with Gasteiger partial charge in [0.25, 0.3) is 0 Å². The molecule has 1 aliphatic heterocycles. The standard InChI is InChI=1S/C22H46O4Si/c1-14(2)27(15(3)4,16(5)6)25-13-18(8)21-11-10-17(7)22(26-21)19(9)20(24)12-23/h14-24H,10-13H2,1-9H3/t17-,18+,19-,20+,21-,22-/m0/s1. The zero-order valence-corrected chi connectivity index (χ0v) is 20.2. The highest BCUT2D eigenvalue weighted by atomic mass is 28.4. The first kappa shape index (κ1) is 25.1. The summed E-state index contributed by atoms with van der Waals surface area (Å²) in [4.78, 5) is 0. The Kier molecular flexibility index (Phi) is 9.97. The van der Waals surface area contributed by atoms with Crippen molar-refractivity contribution in [3.63, 3.8) is 0 Å². The number of ether oxygens (including phenoxy) is 1. The summed E-state index contributed by atoms with van der Waals surface area (Å²) in [6.07, 6.45) is 1.59. The zero-order valence-electron chi connectivity index (χ0n) is 19.2.